The van der Waals surface area contributed by atoms with E-state index < -0.39 is 6.04 Å². The Bertz CT molecular complexity index is 769. The zero-order chi connectivity index (χ0) is 20.5. The molecule has 5 heteroatoms. The van der Waals surface area contributed by atoms with E-state index in [4.69, 9.17) is 4.74 Å². The minimum Gasteiger partial charge on any atom is -0.494 e. The highest BCUT2D eigenvalue weighted by Gasteiger charge is 2.25. The van der Waals surface area contributed by atoms with Crippen LogP contribution in [0.25, 0.3) is 0 Å². The van der Waals surface area contributed by atoms with Gasteiger partial charge < -0.3 is 15.0 Å². The molecule has 2 rings (SSSR count). The average molecular weight is 383 g/mol. The number of amides is 2. The lowest BCUT2D eigenvalue weighted by Gasteiger charge is -2.28. The molecule has 0 saturated heterocycles. The van der Waals surface area contributed by atoms with Crippen LogP contribution in [0.4, 0.5) is 0 Å². The molecule has 0 fully saturated rings. The van der Waals surface area contributed by atoms with Crippen LogP contribution in [0, 0.1) is 13.8 Å². The van der Waals surface area contributed by atoms with Crippen molar-refractivity contribution in [3.63, 3.8) is 0 Å². The Labute approximate surface area is 167 Å². The van der Waals surface area contributed by atoms with Crippen molar-refractivity contribution in [3.05, 3.63) is 65.2 Å². The lowest BCUT2D eigenvalue weighted by molar-refractivity contribution is -0.140. The first-order valence-corrected chi connectivity index (χ1v) is 9.66. The molecule has 5 nitrogen and oxygen atoms in total. The molecule has 0 radical (unpaired) electrons. The highest BCUT2D eigenvalue weighted by molar-refractivity contribution is 5.87. The average Bonchev–Trinajstić information content (AvgIpc) is 2.70. The van der Waals surface area contributed by atoms with Crippen LogP contribution in [0.5, 0.6) is 5.75 Å². The third-order valence-electron chi connectivity index (χ3n) is 4.71. The van der Waals surface area contributed by atoms with Gasteiger partial charge in [0.05, 0.1) is 6.61 Å². The lowest BCUT2D eigenvalue weighted by atomic mass is 10.1. The van der Waals surface area contributed by atoms with E-state index in [9.17, 15) is 9.59 Å². The molecule has 150 valence electrons. The number of rotatable bonds is 9. The van der Waals surface area contributed by atoms with Crippen LogP contribution in [0.3, 0.4) is 0 Å². The van der Waals surface area contributed by atoms with E-state index in [1.165, 1.54) is 5.56 Å². The lowest BCUT2D eigenvalue weighted by Crippen LogP contribution is -2.46. The Balaban J connectivity index is 1.94. The molecule has 0 heterocycles. The van der Waals surface area contributed by atoms with Crippen LogP contribution in [0.2, 0.25) is 0 Å². The molecule has 0 aromatic heterocycles. The smallest absolute Gasteiger partial charge is 0.242 e. The van der Waals surface area contributed by atoms with Gasteiger partial charge in [-0.2, -0.15) is 0 Å². The van der Waals surface area contributed by atoms with Crippen molar-refractivity contribution in [3.8, 4) is 5.75 Å². The Morgan fingerprint density at radius 1 is 1.00 bits per heavy atom. The summed E-state index contributed by atoms with van der Waals surface area (Å²) in [6.45, 7) is 6.67. The van der Waals surface area contributed by atoms with Crippen molar-refractivity contribution >= 4 is 11.8 Å². The van der Waals surface area contributed by atoms with Gasteiger partial charge in [-0.1, -0.05) is 47.5 Å². The summed E-state index contributed by atoms with van der Waals surface area (Å²) in [5.41, 5.74) is 3.34. The van der Waals surface area contributed by atoms with Gasteiger partial charge in [0.25, 0.3) is 0 Å². The number of ether oxygens (including phenoxy) is 1. The number of carbonyl (C=O) groups is 2. The molecule has 2 aromatic carbocycles. The number of aryl methyl sites for hydroxylation is 2. The Morgan fingerprint density at radius 3 is 2.14 bits per heavy atom. The van der Waals surface area contributed by atoms with Crippen molar-refractivity contribution < 1.29 is 14.3 Å². The summed E-state index contributed by atoms with van der Waals surface area (Å²) < 4.78 is 5.70. The summed E-state index contributed by atoms with van der Waals surface area (Å²) in [6.07, 6.45) is 0.927. The van der Waals surface area contributed by atoms with Gasteiger partial charge in [-0.15, -0.1) is 0 Å². The summed E-state index contributed by atoms with van der Waals surface area (Å²) in [4.78, 5) is 26.6. The van der Waals surface area contributed by atoms with Crippen molar-refractivity contribution in [2.24, 2.45) is 0 Å². The number of hydrogen-bond acceptors (Lipinski definition) is 3. The van der Waals surface area contributed by atoms with E-state index in [0.717, 1.165) is 16.9 Å². The van der Waals surface area contributed by atoms with Gasteiger partial charge in [0.15, 0.2) is 0 Å². The number of carbonyl (C=O) groups excluding carboxylic acids is 2. The SMILES string of the molecule is CNC(=O)[C@@H](C)N(Cc1ccc(C)cc1)C(=O)CCCOc1ccc(C)cc1. The summed E-state index contributed by atoms with van der Waals surface area (Å²) in [6, 6.07) is 15.3. The van der Waals surface area contributed by atoms with E-state index >= 15 is 0 Å². The number of likely N-dealkylation sites (N-methyl/N-ethyl adjacent to an activating group) is 1. The maximum atomic E-state index is 12.8. The van der Waals surface area contributed by atoms with E-state index in [0.29, 0.717) is 26.0 Å². The quantitative estimate of drug-likeness (QED) is 0.674. The van der Waals surface area contributed by atoms with E-state index in [1.807, 2.05) is 62.4 Å². The normalized spacial score (nSPS) is 11.6. The number of benzene rings is 2. The minimum absolute atomic E-state index is 0.0517. The second-order valence-electron chi connectivity index (χ2n) is 7.06. The molecule has 0 saturated carbocycles. The first kappa shape index (κ1) is 21.5. The molecule has 1 atom stereocenters. The van der Waals surface area contributed by atoms with Crippen LogP contribution >= 0.6 is 0 Å². The molecule has 28 heavy (non-hydrogen) atoms. The number of nitrogens with zero attached hydrogens (tertiary/aromatic N) is 1. The summed E-state index contributed by atoms with van der Waals surface area (Å²) in [5, 5.41) is 2.63. The fraction of sp³-hybridized carbons (Fsp3) is 0.391. The zero-order valence-corrected chi connectivity index (χ0v) is 17.2. The highest BCUT2D eigenvalue weighted by Crippen LogP contribution is 2.14. The molecule has 0 aliphatic rings. The Hall–Kier alpha value is -2.82. The van der Waals surface area contributed by atoms with Gasteiger partial charge in [0.2, 0.25) is 11.8 Å². The molecule has 0 aliphatic carbocycles. The largest absolute Gasteiger partial charge is 0.494 e. The zero-order valence-electron chi connectivity index (χ0n) is 17.2. The predicted octanol–water partition coefficient (Wildman–Crippen LogP) is 3.63. The molecule has 0 aliphatic heterocycles. The number of hydrogen-bond donors (Lipinski definition) is 1. The second-order valence-corrected chi connectivity index (χ2v) is 7.06. The van der Waals surface area contributed by atoms with Crippen molar-refractivity contribution in [2.45, 2.75) is 46.2 Å². The van der Waals surface area contributed by atoms with Crippen LogP contribution in [-0.4, -0.2) is 36.4 Å². The van der Waals surface area contributed by atoms with Crippen LogP contribution < -0.4 is 10.1 Å². The first-order valence-electron chi connectivity index (χ1n) is 9.66. The van der Waals surface area contributed by atoms with Gasteiger partial charge >= 0.3 is 0 Å². The molecule has 0 unspecified atom stereocenters. The molecular weight excluding hydrogens is 352 g/mol. The molecule has 0 bridgehead atoms. The molecule has 0 spiro atoms. The summed E-state index contributed by atoms with van der Waals surface area (Å²) in [7, 11) is 1.59. The topological polar surface area (TPSA) is 58.6 Å². The molecular formula is C23H30N2O3. The summed E-state index contributed by atoms with van der Waals surface area (Å²) >= 11 is 0. The third kappa shape index (κ3) is 6.41. The fourth-order valence-electron chi connectivity index (χ4n) is 2.87. The van der Waals surface area contributed by atoms with Crippen molar-refractivity contribution in [1.82, 2.24) is 10.2 Å². The Morgan fingerprint density at radius 2 is 1.57 bits per heavy atom. The van der Waals surface area contributed by atoms with E-state index in [-0.39, 0.29) is 11.8 Å². The standard InChI is InChI=1S/C23H30N2O3/c1-17-7-11-20(12-8-17)16-25(19(3)23(27)24-4)22(26)6-5-15-28-21-13-9-18(2)10-14-21/h7-14,19H,5-6,15-16H2,1-4H3,(H,24,27)/t19-/m1/s1. The van der Waals surface area contributed by atoms with Gasteiger partial charge in [-0.3, -0.25) is 9.59 Å². The van der Waals surface area contributed by atoms with Crippen molar-refractivity contribution in [2.75, 3.05) is 13.7 Å². The molecule has 1 N–H and O–H groups in total. The van der Waals surface area contributed by atoms with E-state index in [2.05, 4.69) is 5.32 Å². The van der Waals surface area contributed by atoms with Gasteiger partial charge in [0, 0.05) is 20.0 Å². The predicted molar refractivity (Wildman–Crippen MR) is 111 cm³/mol. The minimum atomic E-state index is -0.531. The van der Waals surface area contributed by atoms with Crippen LogP contribution in [-0.2, 0) is 16.1 Å². The Kier molecular flexibility index (Phi) is 8.05. The first-order chi connectivity index (χ1) is 13.4. The highest BCUT2D eigenvalue weighted by atomic mass is 16.5. The van der Waals surface area contributed by atoms with Gasteiger partial charge in [-0.05, 0) is 44.9 Å². The molecule has 2 aromatic rings. The third-order valence-corrected chi connectivity index (χ3v) is 4.71. The summed E-state index contributed by atoms with van der Waals surface area (Å²) in [5.74, 6) is 0.578. The maximum Gasteiger partial charge on any atom is 0.242 e. The van der Waals surface area contributed by atoms with E-state index in [1.54, 1.807) is 18.9 Å². The monoisotopic (exact) mass is 382 g/mol. The number of nitrogens with one attached hydrogen (secondary N) is 1. The van der Waals surface area contributed by atoms with Crippen molar-refractivity contribution in [1.29, 1.82) is 0 Å². The second kappa shape index (κ2) is 10.5. The molecule has 2 amide bonds. The van der Waals surface area contributed by atoms with Crippen LogP contribution in [0.15, 0.2) is 48.5 Å². The maximum absolute atomic E-state index is 12.8. The van der Waals surface area contributed by atoms with Gasteiger partial charge in [0.1, 0.15) is 11.8 Å². The fourth-order valence-corrected chi connectivity index (χ4v) is 2.87. The van der Waals surface area contributed by atoms with Gasteiger partial charge in [-0.25, -0.2) is 0 Å². The van der Waals surface area contributed by atoms with Crippen LogP contribution in [0.1, 0.15) is 36.5 Å².